The fourth-order valence-corrected chi connectivity index (χ4v) is 5.76. The summed E-state index contributed by atoms with van der Waals surface area (Å²) in [6.07, 6.45) is 1.16. The molecule has 0 amide bonds. The number of benzene rings is 2. The van der Waals surface area contributed by atoms with Crippen LogP contribution in [0.1, 0.15) is 30.1 Å². The number of hydrogen-bond donors (Lipinski definition) is 0. The van der Waals surface area contributed by atoms with Crippen molar-refractivity contribution in [2.24, 2.45) is 7.05 Å². The minimum Gasteiger partial charge on any atom is -0.495 e. The van der Waals surface area contributed by atoms with Gasteiger partial charge in [-0.3, -0.25) is 0 Å². The zero-order valence-electron chi connectivity index (χ0n) is 17.9. The fraction of sp³-hybridized carbons (Fsp3) is 0.364. The molecule has 0 atom stereocenters. The van der Waals surface area contributed by atoms with Crippen molar-refractivity contribution < 1.29 is 13.2 Å². The molecule has 1 saturated heterocycles. The molecule has 4 rings (SSSR count). The van der Waals surface area contributed by atoms with Crippen LogP contribution in [0, 0.1) is 6.92 Å². The monoisotopic (exact) mass is 442 g/mol. The van der Waals surface area contributed by atoms with Gasteiger partial charge in [0.15, 0.2) is 0 Å². The molecular weight excluding hydrogens is 416 g/mol. The van der Waals surface area contributed by atoms with Gasteiger partial charge in [-0.2, -0.15) is 9.40 Å². The van der Waals surface area contributed by atoms with Crippen molar-refractivity contribution in [3.63, 3.8) is 0 Å². The average Bonchev–Trinajstić information content (AvgIpc) is 3.08. The quantitative estimate of drug-likeness (QED) is 0.606. The summed E-state index contributed by atoms with van der Waals surface area (Å²) in [6.45, 7) is 2.56. The largest absolute Gasteiger partial charge is 0.495 e. The molecule has 2 aromatic carbocycles. The van der Waals surface area contributed by atoms with E-state index in [0.717, 1.165) is 11.3 Å². The van der Waals surface area contributed by atoms with Gasteiger partial charge in [0.2, 0.25) is 10.0 Å². The molecule has 1 fully saturated rings. The predicted octanol–water partition coefficient (Wildman–Crippen LogP) is 2.46. The molecule has 0 spiro atoms. The summed E-state index contributed by atoms with van der Waals surface area (Å²) in [7, 11) is -0.578. The first-order valence-electron chi connectivity index (χ1n) is 10.2. The summed E-state index contributed by atoms with van der Waals surface area (Å²) in [6, 6.07) is 14.5. The number of nitrogens with zero attached hydrogens (tertiary/aromatic N) is 4. The summed E-state index contributed by atoms with van der Waals surface area (Å²) in [4.78, 5) is 12.9. The molecule has 0 unspecified atom stereocenters. The Bertz CT molecular complexity index is 1240. The van der Waals surface area contributed by atoms with Crippen LogP contribution >= 0.6 is 0 Å². The normalized spacial score (nSPS) is 15.8. The number of hydrogen-bond acceptors (Lipinski definition) is 5. The third kappa shape index (κ3) is 3.90. The van der Waals surface area contributed by atoms with E-state index < -0.39 is 10.0 Å². The number of methoxy groups -OCH3 is 1. The van der Waals surface area contributed by atoms with Gasteiger partial charge in [0, 0.05) is 26.1 Å². The van der Waals surface area contributed by atoms with Gasteiger partial charge in [-0.05, 0) is 49.6 Å². The molecule has 1 aliphatic heterocycles. The average molecular weight is 443 g/mol. The highest BCUT2D eigenvalue weighted by Crippen LogP contribution is 2.33. The lowest BCUT2D eigenvalue weighted by molar-refractivity contribution is 0.309. The molecule has 0 bridgehead atoms. The number of aromatic nitrogens is 3. The van der Waals surface area contributed by atoms with Crippen molar-refractivity contribution >= 4 is 10.0 Å². The lowest BCUT2D eigenvalue weighted by atomic mass is 9.97. The fourth-order valence-electron chi connectivity index (χ4n) is 4.05. The molecule has 9 heteroatoms. The second-order valence-electron chi connectivity index (χ2n) is 7.77. The number of para-hydroxylation sites is 1. The van der Waals surface area contributed by atoms with Crippen molar-refractivity contribution in [3.8, 4) is 11.4 Å². The maximum Gasteiger partial charge on any atom is 0.350 e. The standard InChI is InChI=1S/C22H26N4O4S/c1-16-9-10-19(30-3)20(15-16)31(28,29)25-13-11-17(12-14-25)21-23-24(2)22(27)26(21)18-7-5-4-6-8-18/h4-10,15,17H,11-14H2,1-3H3. The molecule has 31 heavy (non-hydrogen) atoms. The SMILES string of the molecule is COc1ccc(C)cc1S(=O)(=O)N1CCC(c2nn(C)c(=O)n2-c2ccccc2)CC1. The smallest absolute Gasteiger partial charge is 0.350 e. The van der Waals surface area contributed by atoms with Crippen LogP contribution in [0.3, 0.4) is 0 Å². The van der Waals surface area contributed by atoms with E-state index in [-0.39, 0.29) is 16.5 Å². The van der Waals surface area contributed by atoms with Crippen molar-refractivity contribution in [1.29, 1.82) is 0 Å². The van der Waals surface area contributed by atoms with Gasteiger partial charge in [-0.25, -0.2) is 22.5 Å². The van der Waals surface area contributed by atoms with Crippen LogP contribution in [-0.2, 0) is 17.1 Å². The van der Waals surface area contributed by atoms with Gasteiger partial charge in [0.1, 0.15) is 16.5 Å². The first kappa shape index (κ1) is 21.3. The molecule has 1 aromatic heterocycles. The van der Waals surface area contributed by atoms with Crippen LogP contribution in [-0.4, -0.2) is 47.3 Å². The zero-order chi connectivity index (χ0) is 22.2. The molecule has 3 aromatic rings. The first-order chi connectivity index (χ1) is 14.8. The number of piperidine rings is 1. The molecule has 0 aliphatic carbocycles. The third-order valence-electron chi connectivity index (χ3n) is 5.72. The minimum atomic E-state index is -3.68. The van der Waals surface area contributed by atoms with Crippen LogP contribution < -0.4 is 10.4 Å². The Morgan fingerprint density at radius 3 is 2.39 bits per heavy atom. The Kier molecular flexibility index (Phi) is 5.72. The molecular formula is C22H26N4O4S. The maximum atomic E-state index is 13.3. The molecule has 8 nitrogen and oxygen atoms in total. The predicted molar refractivity (Wildman–Crippen MR) is 117 cm³/mol. The van der Waals surface area contributed by atoms with Crippen LogP contribution in [0.2, 0.25) is 0 Å². The van der Waals surface area contributed by atoms with Crippen LogP contribution in [0.15, 0.2) is 58.2 Å². The van der Waals surface area contributed by atoms with Gasteiger partial charge >= 0.3 is 5.69 Å². The van der Waals surface area contributed by atoms with Gasteiger partial charge in [0.25, 0.3) is 0 Å². The molecule has 1 aliphatic rings. The minimum absolute atomic E-state index is 0.0139. The Morgan fingerprint density at radius 2 is 1.74 bits per heavy atom. The number of aryl methyl sites for hydroxylation is 2. The summed E-state index contributed by atoms with van der Waals surface area (Å²) >= 11 is 0. The van der Waals surface area contributed by atoms with E-state index in [2.05, 4.69) is 5.10 Å². The highest BCUT2D eigenvalue weighted by atomic mass is 32.2. The maximum absolute atomic E-state index is 13.3. The molecule has 164 valence electrons. The van der Waals surface area contributed by atoms with Crippen LogP contribution in [0.25, 0.3) is 5.69 Å². The van der Waals surface area contributed by atoms with E-state index >= 15 is 0 Å². The van der Waals surface area contributed by atoms with Gasteiger partial charge in [-0.15, -0.1) is 0 Å². The highest BCUT2D eigenvalue weighted by molar-refractivity contribution is 7.89. The Morgan fingerprint density at radius 1 is 1.06 bits per heavy atom. The van der Waals surface area contributed by atoms with E-state index in [0.29, 0.717) is 37.5 Å². The van der Waals surface area contributed by atoms with E-state index in [1.165, 1.54) is 16.1 Å². The second kappa shape index (κ2) is 8.32. The Balaban J connectivity index is 1.60. The summed E-state index contributed by atoms with van der Waals surface area (Å²) in [5.74, 6) is 0.999. The number of sulfonamides is 1. The Labute approximate surface area is 181 Å². The molecule has 0 radical (unpaired) electrons. The van der Waals surface area contributed by atoms with E-state index in [1.807, 2.05) is 43.3 Å². The van der Waals surface area contributed by atoms with Gasteiger partial charge in [-0.1, -0.05) is 24.3 Å². The molecule has 0 N–H and O–H groups in total. The van der Waals surface area contributed by atoms with Crippen molar-refractivity contribution in [3.05, 3.63) is 70.4 Å². The first-order valence-corrected chi connectivity index (χ1v) is 11.6. The zero-order valence-corrected chi connectivity index (χ0v) is 18.7. The van der Waals surface area contributed by atoms with E-state index in [9.17, 15) is 13.2 Å². The summed E-state index contributed by atoms with van der Waals surface area (Å²) in [5, 5.41) is 4.47. The highest BCUT2D eigenvalue weighted by Gasteiger charge is 2.34. The van der Waals surface area contributed by atoms with Crippen LogP contribution in [0.5, 0.6) is 5.75 Å². The van der Waals surface area contributed by atoms with Crippen molar-refractivity contribution in [1.82, 2.24) is 18.7 Å². The van der Waals surface area contributed by atoms with Crippen LogP contribution in [0.4, 0.5) is 0 Å². The second-order valence-corrected chi connectivity index (χ2v) is 9.67. The van der Waals surface area contributed by atoms with E-state index in [4.69, 9.17) is 4.74 Å². The molecule has 0 saturated carbocycles. The summed E-state index contributed by atoms with van der Waals surface area (Å²) < 4.78 is 36.3. The summed E-state index contributed by atoms with van der Waals surface area (Å²) in [5.41, 5.74) is 1.41. The lowest BCUT2D eigenvalue weighted by Crippen LogP contribution is -2.38. The number of ether oxygens (including phenoxy) is 1. The number of rotatable bonds is 5. The van der Waals surface area contributed by atoms with Gasteiger partial charge < -0.3 is 4.74 Å². The van der Waals surface area contributed by atoms with E-state index in [1.54, 1.807) is 23.7 Å². The van der Waals surface area contributed by atoms with Crippen molar-refractivity contribution in [2.75, 3.05) is 20.2 Å². The third-order valence-corrected chi connectivity index (χ3v) is 7.64. The molecule has 2 heterocycles. The van der Waals surface area contributed by atoms with Gasteiger partial charge in [0.05, 0.1) is 12.8 Å². The van der Waals surface area contributed by atoms with Crippen molar-refractivity contribution in [2.45, 2.75) is 30.6 Å². The Hall–Kier alpha value is -2.91. The lowest BCUT2D eigenvalue weighted by Gasteiger charge is -2.31. The topological polar surface area (TPSA) is 86.4 Å².